The van der Waals surface area contributed by atoms with Gasteiger partial charge in [-0.1, -0.05) is 103 Å². The van der Waals surface area contributed by atoms with E-state index in [2.05, 4.69) is 76.2 Å². The summed E-state index contributed by atoms with van der Waals surface area (Å²) in [6, 6.07) is 17.4. The molecule has 0 fully saturated rings. The predicted molar refractivity (Wildman–Crippen MR) is 244 cm³/mol. The monoisotopic (exact) mass is 854 g/mol. The van der Waals surface area contributed by atoms with Crippen molar-refractivity contribution in [3.05, 3.63) is 70.8 Å². The molecular weight excluding hydrogens is 789 g/mol. The number of ketones is 1. The first-order valence-electron chi connectivity index (χ1n) is 23.1. The zero-order valence-corrected chi connectivity index (χ0v) is 38.1. The molecule has 9 heteroatoms. The van der Waals surface area contributed by atoms with Gasteiger partial charge in [-0.05, 0) is 115 Å². The molecule has 2 aliphatic rings. The number of Topliss-reactive ketones (excluding diaryl/α,β-unsaturated/α-hetero) is 1. The van der Waals surface area contributed by atoms with E-state index in [4.69, 9.17) is 14.2 Å². The molecule has 2 heterocycles. The van der Waals surface area contributed by atoms with Crippen LogP contribution in [0.2, 0.25) is 0 Å². The Morgan fingerprint density at radius 1 is 0.483 bits per heavy atom. The van der Waals surface area contributed by atoms with Crippen molar-refractivity contribution in [3.63, 3.8) is 0 Å². The van der Waals surface area contributed by atoms with E-state index in [1.165, 1.54) is 14.3 Å². The van der Waals surface area contributed by atoms with Gasteiger partial charge in [0.1, 0.15) is 24.1 Å². The summed E-state index contributed by atoms with van der Waals surface area (Å²) >= 11 is 3.51. The van der Waals surface area contributed by atoms with E-state index >= 15 is 0 Å². The van der Waals surface area contributed by atoms with Crippen molar-refractivity contribution in [1.82, 2.24) is 0 Å². The van der Waals surface area contributed by atoms with Crippen LogP contribution in [0.5, 0.6) is 0 Å². The second kappa shape index (κ2) is 22.9. The van der Waals surface area contributed by atoms with Crippen LogP contribution in [0.4, 0.5) is 0 Å². The fourth-order valence-corrected chi connectivity index (χ4v) is 11.2. The number of hydrogen-bond donors (Lipinski definition) is 0. The zero-order valence-electron chi connectivity index (χ0n) is 36.5. The molecule has 7 nitrogen and oxygen atoms in total. The minimum Gasteiger partial charge on any atom is -0.457 e. The van der Waals surface area contributed by atoms with Gasteiger partial charge >= 0.3 is 17.9 Å². The fraction of sp³-hybridized carbons (Fsp3) is 0.569. The summed E-state index contributed by atoms with van der Waals surface area (Å²) in [6.45, 7) is 8.54. The smallest absolute Gasteiger partial charge is 0.306 e. The molecular formula is C51H66O7S2. The Morgan fingerprint density at radius 3 is 1.35 bits per heavy atom. The summed E-state index contributed by atoms with van der Waals surface area (Å²) in [5.41, 5.74) is 6.24. The predicted octanol–water partition coefficient (Wildman–Crippen LogP) is 15.0. The maximum atomic E-state index is 13.2. The van der Waals surface area contributed by atoms with Gasteiger partial charge in [-0.2, -0.15) is 0 Å². The van der Waals surface area contributed by atoms with Crippen LogP contribution in [0.3, 0.4) is 0 Å². The Kier molecular flexibility index (Phi) is 17.4. The molecule has 2 aromatic carbocycles. The number of hydrogen-bond acceptors (Lipinski definition) is 9. The molecule has 0 spiro atoms. The minimum absolute atomic E-state index is 0.115. The van der Waals surface area contributed by atoms with Crippen LogP contribution in [-0.2, 0) is 33.4 Å². The third-order valence-corrected chi connectivity index (χ3v) is 14.6. The summed E-state index contributed by atoms with van der Waals surface area (Å²) in [4.78, 5) is 54.1. The molecule has 324 valence electrons. The summed E-state index contributed by atoms with van der Waals surface area (Å²) in [5, 5.41) is 0. The van der Waals surface area contributed by atoms with Gasteiger partial charge in [-0.25, -0.2) is 0 Å². The molecule has 0 radical (unpaired) electrons. The molecule has 0 amide bonds. The SMILES string of the molecule is CCCCCC(=O)CC1CCC(OC(=O)CCCCC)c2ccc(-c3cc4sc(-c5ccc6c(c5)C(OC(=O)CCCCC)CCC6OC(=O)CCCCC)cc4s3)cc21. The van der Waals surface area contributed by atoms with Crippen molar-refractivity contribution in [3.8, 4) is 20.9 Å². The molecule has 0 saturated heterocycles. The Morgan fingerprint density at radius 2 is 0.883 bits per heavy atom. The van der Waals surface area contributed by atoms with Crippen LogP contribution in [-0.4, -0.2) is 23.7 Å². The molecule has 4 aromatic rings. The lowest BCUT2D eigenvalue weighted by Crippen LogP contribution is -2.22. The van der Waals surface area contributed by atoms with Gasteiger partial charge < -0.3 is 14.2 Å². The first kappa shape index (κ1) is 45.7. The van der Waals surface area contributed by atoms with Crippen molar-refractivity contribution in [2.24, 2.45) is 0 Å². The third kappa shape index (κ3) is 12.2. The highest BCUT2D eigenvalue weighted by Crippen LogP contribution is 2.48. The van der Waals surface area contributed by atoms with Crippen LogP contribution in [0.15, 0.2) is 48.5 Å². The number of fused-ring (bicyclic) bond motifs is 3. The third-order valence-electron chi connectivity index (χ3n) is 12.2. The van der Waals surface area contributed by atoms with Crippen LogP contribution >= 0.6 is 22.7 Å². The number of carbonyl (C=O) groups excluding carboxylic acids is 4. The number of benzene rings is 2. The Balaban J connectivity index is 1.24. The highest BCUT2D eigenvalue weighted by Gasteiger charge is 2.33. The Hall–Kier alpha value is -3.82. The van der Waals surface area contributed by atoms with Crippen LogP contribution in [0.25, 0.3) is 30.3 Å². The maximum Gasteiger partial charge on any atom is 0.306 e. The number of esters is 3. The summed E-state index contributed by atoms with van der Waals surface area (Å²) in [5.74, 6) is -0.0361. The summed E-state index contributed by atoms with van der Waals surface area (Å²) in [7, 11) is 0. The second-order valence-corrected chi connectivity index (χ2v) is 19.2. The second-order valence-electron chi connectivity index (χ2n) is 17.0. The minimum atomic E-state index is -0.375. The number of carbonyl (C=O) groups is 4. The first-order valence-corrected chi connectivity index (χ1v) is 24.8. The van der Waals surface area contributed by atoms with Crippen LogP contribution in [0.1, 0.15) is 209 Å². The van der Waals surface area contributed by atoms with E-state index < -0.39 is 0 Å². The molecule has 4 atom stereocenters. The molecule has 4 unspecified atom stereocenters. The van der Waals surface area contributed by atoms with Gasteiger partial charge in [-0.3, -0.25) is 19.2 Å². The normalized spacial score (nSPS) is 18.5. The van der Waals surface area contributed by atoms with Gasteiger partial charge in [0.2, 0.25) is 0 Å². The lowest BCUT2D eigenvalue weighted by molar-refractivity contribution is -0.156. The van der Waals surface area contributed by atoms with Gasteiger partial charge in [0.05, 0.1) is 0 Å². The first-order chi connectivity index (χ1) is 29.2. The number of rotatable bonds is 23. The average molecular weight is 855 g/mol. The molecule has 0 saturated carbocycles. The van der Waals surface area contributed by atoms with Crippen LogP contribution in [0, 0.1) is 0 Å². The Bertz CT molecular complexity index is 1890. The van der Waals surface area contributed by atoms with Crippen LogP contribution < -0.4 is 0 Å². The molecule has 0 bridgehead atoms. The number of ether oxygens (including phenoxy) is 3. The lowest BCUT2D eigenvalue weighted by atomic mass is 9.77. The van der Waals surface area contributed by atoms with Crippen molar-refractivity contribution < 1.29 is 33.4 Å². The van der Waals surface area contributed by atoms with Gasteiger partial charge in [0.25, 0.3) is 0 Å². The summed E-state index contributed by atoms with van der Waals surface area (Å²) < 4.78 is 20.6. The van der Waals surface area contributed by atoms with E-state index in [1.54, 1.807) is 22.7 Å². The quantitative estimate of drug-likeness (QED) is 0.0416. The molecule has 2 aliphatic carbocycles. The maximum absolute atomic E-state index is 13.2. The van der Waals surface area contributed by atoms with E-state index in [0.29, 0.717) is 50.7 Å². The van der Waals surface area contributed by atoms with Crippen molar-refractivity contribution in [2.75, 3.05) is 0 Å². The van der Waals surface area contributed by atoms with E-state index in [-0.39, 0.29) is 42.1 Å². The molecule has 0 aliphatic heterocycles. The van der Waals surface area contributed by atoms with Gasteiger partial charge in [0, 0.05) is 51.3 Å². The van der Waals surface area contributed by atoms with Crippen molar-refractivity contribution in [2.45, 2.75) is 187 Å². The van der Waals surface area contributed by atoms with Crippen molar-refractivity contribution >= 4 is 55.8 Å². The summed E-state index contributed by atoms with van der Waals surface area (Å²) in [6.07, 6.45) is 16.0. The Labute approximate surface area is 366 Å². The topological polar surface area (TPSA) is 96.0 Å². The fourth-order valence-electron chi connectivity index (χ4n) is 8.81. The van der Waals surface area contributed by atoms with Gasteiger partial charge in [-0.15, -0.1) is 22.7 Å². The largest absolute Gasteiger partial charge is 0.457 e. The molecule has 60 heavy (non-hydrogen) atoms. The number of thiophene rings is 2. The average Bonchev–Trinajstić information content (AvgIpc) is 3.83. The van der Waals surface area contributed by atoms with E-state index in [1.807, 2.05) is 0 Å². The van der Waals surface area contributed by atoms with E-state index in [9.17, 15) is 19.2 Å². The molecule has 2 aromatic heterocycles. The molecule has 0 N–H and O–H groups in total. The standard InChI is InChI=1S/C51H66O7S2/c1-5-9-13-17-37(52)29-34-23-26-42(56-49(53)18-14-10-6-2)38-24-21-35(30-40(34)38)45-32-47-48(59-45)33-46(60-47)36-22-25-39-41(31-36)44(58-51(55)20-16-12-8-4)28-27-43(39)57-50(54)19-15-11-7-3/h21-22,24-25,30-34,42-44H,5-20,23,26-29H2,1-4H3. The zero-order chi connectivity index (χ0) is 42.4. The lowest BCUT2D eigenvalue weighted by Gasteiger charge is -2.31. The highest BCUT2D eigenvalue weighted by molar-refractivity contribution is 7.31. The number of unbranched alkanes of at least 4 members (excludes halogenated alkanes) is 8. The van der Waals surface area contributed by atoms with Gasteiger partial charge in [0.15, 0.2) is 0 Å². The van der Waals surface area contributed by atoms with E-state index in [0.717, 1.165) is 128 Å². The molecule has 6 rings (SSSR count). The van der Waals surface area contributed by atoms with Crippen molar-refractivity contribution in [1.29, 1.82) is 0 Å². The highest BCUT2D eigenvalue weighted by atomic mass is 32.1.